The van der Waals surface area contributed by atoms with Gasteiger partial charge in [-0.15, -0.1) is 0 Å². The van der Waals surface area contributed by atoms with E-state index < -0.39 is 17.5 Å². The number of esters is 2. The van der Waals surface area contributed by atoms with E-state index in [1.807, 2.05) is 19.1 Å². The Hall–Kier alpha value is -4.33. The monoisotopic (exact) mass is 686 g/mol. The fourth-order valence-electron chi connectivity index (χ4n) is 8.08. The van der Waals surface area contributed by atoms with Crippen LogP contribution in [0.2, 0.25) is 0 Å². The highest BCUT2D eigenvalue weighted by atomic mass is 16.6. The number of carbonyl (C=O) groups excluding carboxylic acids is 3. The molecule has 2 saturated heterocycles. The lowest BCUT2D eigenvalue weighted by molar-refractivity contribution is -0.189. The number of aromatic nitrogens is 2. The van der Waals surface area contributed by atoms with Crippen LogP contribution in [0.25, 0.3) is 22.3 Å². The van der Waals surface area contributed by atoms with Gasteiger partial charge in [0.2, 0.25) is 5.60 Å². The summed E-state index contributed by atoms with van der Waals surface area (Å²) in [6.07, 6.45) is 6.15. The van der Waals surface area contributed by atoms with Gasteiger partial charge in [0.15, 0.2) is 0 Å². The molecule has 1 aromatic carbocycles. The third-order valence-electron chi connectivity index (χ3n) is 10.8. The lowest BCUT2D eigenvalue weighted by atomic mass is 9.85. The predicted octanol–water partition coefficient (Wildman–Crippen LogP) is 3.71. The molecular weight excluding hydrogens is 640 g/mol. The zero-order valence-corrected chi connectivity index (χ0v) is 29.4. The average molecular weight is 687 g/mol. The van der Waals surface area contributed by atoms with Crippen molar-refractivity contribution in [3.63, 3.8) is 0 Å². The Labute approximate surface area is 291 Å². The lowest BCUT2D eigenvalue weighted by Crippen LogP contribution is -2.49. The van der Waals surface area contributed by atoms with Gasteiger partial charge >= 0.3 is 18.0 Å². The number of cyclic esters (lactones) is 1. The summed E-state index contributed by atoms with van der Waals surface area (Å²) in [4.78, 5) is 62.9. The van der Waals surface area contributed by atoms with Crippen LogP contribution in [0.15, 0.2) is 29.1 Å². The van der Waals surface area contributed by atoms with Crippen LogP contribution in [0.4, 0.5) is 4.79 Å². The molecule has 0 radical (unpaired) electrons. The molecule has 0 spiro atoms. The van der Waals surface area contributed by atoms with Crippen LogP contribution < -0.4 is 15.7 Å². The molecule has 2 aromatic heterocycles. The maximum atomic E-state index is 14.0. The number of rotatable bonds is 8. The number of nitrogens with zero attached hydrogens (tertiary/aromatic N) is 5. The van der Waals surface area contributed by atoms with Crippen molar-refractivity contribution in [2.45, 2.75) is 83.6 Å². The third-order valence-corrected chi connectivity index (χ3v) is 10.8. The number of carbonyl (C=O) groups is 3. The molecule has 13 heteroatoms. The second-order valence-corrected chi connectivity index (χ2v) is 13.9. The number of hydrogen-bond donors (Lipinski definition) is 1. The molecule has 1 atom stereocenters. The summed E-state index contributed by atoms with van der Waals surface area (Å²) in [6, 6.07) is 7.77. The number of aryl methyl sites for hydroxylation is 1. The van der Waals surface area contributed by atoms with Gasteiger partial charge in [-0.3, -0.25) is 14.6 Å². The van der Waals surface area contributed by atoms with Crippen molar-refractivity contribution in [2.24, 2.45) is 0 Å². The molecule has 4 aliphatic rings. The largest absolute Gasteiger partial charge is 0.457 e. The molecule has 3 aromatic rings. The summed E-state index contributed by atoms with van der Waals surface area (Å²) in [6.45, 7) is 7.37. The van der Waals surface area contributed by atoms with E-state index in [-0.39, 0.29) is 36.8 Å². The molecule has 7 rings (SSSR count). The molecular formula is C37H46N6O7. The van der Waals surface area contributed by atoms with E-state index in [9.17, 15) is 19.2 Å². The van der Waals surface area contributed by atoms with E-state index >= 15 is 0 Å². The van der Waals surface area contributed by atoms with E-state index in [0.29, 0.717) is 60.3 Å². The molecule has 1 amide bonds. The van der Waals surface area contributed by atoms with Crippen LogP contribution in [-0.4, -0.2) is 95.3 Å². The minimum atomic E-state index is -1.76. The van der Waals surface area contributed by atoms with Crippen molar-refractivity contribution in [1.29, 1.82) is 0 Å². The van der Waals surface area contributed by atoms with Crippen LogP contribution in [0.5, 0.6) is 5.75 Å². The van der Waals surface area contributed by atoms with E-state index in [1.165, 1.54) is 19.3 Å². The van der Waals surface area contributed by atoms with Gasteiger partial charge in [-0.1, -0.05) is 20.3 Å². The Morgan fingerprint density at radius 1 is 1.04 bits per heavy atom. The van der Waals surface area contributed by atoms with Gasteiger partial charge < -0.3 is 28.6 Å². The second kappa shape index (κ2) is 13.8. The van der Waals surface area contributed by atoms with Gasteiger partial charge in [-0.05, 0) is 81.4 Å². The van der Waals surface area contributed by atoms with E-state index in [1.54, 1.807) is 47.6 Å². The highest BCUT2D eigenvalue weighted by molar-refractivity contribution is 5.91. The summed E-state index contributed by atoms with van der Waals surface area (Å²) >= 11 is 0. The average Bonchev–Trinajstić information content (AvgIpc) is 3.50. The second-order valence-electron chi connectivity index (χ2n) is 13.9. The SMILES string of the molecule is CCc1c2c(nc3ccc(OC(=O)N4CCC(N5CCCCC5)CC4)cc13)-c1cc3c(c(=O)n1C2)COC(=O)[C@@]3(CC)OC(=O)CNN(C)C. The van der Waals surface area contributed by atoms with Crippen LogP contribution in [0.1, 0.15) is 74.6 Å². The van der Waals surface area contributed by atoms with Gasteiger partial charge in [0.25, 0.3) is 5.56 Å². The van der Waals surface area contributed by atoms with Gasteiger partial charge in [0, 0.05) is 49.7 Å². The van der Waals surface area contributed by atoms with Gasteiger partial charge in [-0.2, -0.15) is 0 Å². The molecule has 2 fully saturated rings. The first-order chi connectivity index (χ1) is 24.1. The molecule has 6 heterocycles. The molecule has 4 aliphatic heterocycles. The summed E-state index contributed by atoms with van der Waals surface area (Å²) in [5, 5.41) is 2.46. The number of ether oxygens (including phenoxy) is 3. The van der Waals surface area contributed by atoms with E-state index in [0.717, 1.165) is 42.4 Å². The van der Waals surface area contributed by atoms with Crippen molar-refractivity contribution in [2.75, 3.05) is 46.8 Å². The van der Waals surface area contributed by atoms with Gasteiger partial charge in [0.05, 0.1) is 29.0 Å². The van der Waals surface area contributed by atoms with Gasteiger partial charge in [-0.25, -0.2) is 20.0 Å². The minimum absolute atomic E-state index is 0.0889. The fourth-order valence-corrected chi connectivity index (χ4v) is 8.08. The number of benzene rings is 1. The number of hydrazine groups is 1. The third kappa shape index (κ3) is 6.05. The Morgan fingerprint density at radius 2 is 1.80 bits per heavy atom. The number of nitrogens with one attached hydrogen (secondary N) is 1. The summed E-state index contributed by atoms with van der Waals surface area (Å²) in [5.41, 5.74) is 5.18. The van der Waals surface area contributed by atoms with E-state index in [2.05, 4.69) is 10.3 Å². The first kappa shape index (κ1) is 34.1. The van der Waals surface area contributed by atoms with Crippen LogP contribution >= 0.6 is 0 Å². The van der Waals surface area contributed by atoms with Crippen molar-refractivity contribution < 1.29 is 28.6 Å². The van der Waals surface area contributed by atoms with Crippen molar-refractivity contribution in [1.82, 2.24) is 29.8 Å². The molecule has 266 valence electrons. The first-order valence-corrected chi connectivity index (χ1v) is 17.9. The summed E-state index contributed by atoms with van der Waals surface area (Å²) in [5.74, 6) is -0.904. The molecule has 1 N–H and O–H groups in total. The first-order valence-electron chi connectivity index (χ1n) is 17.9. The Morgan fingerprint density at radius 3 is 2.50 bits per heavy atom. The highest BCUT2D eigenvalue weighted by Gasteiger charge is 2.50. The Bertz CT molecular complexity index is 1890. The number of fused-ring (bicyclic) bond motifs is 5. The molecule has 0 aliphatic carbocycles. The van der Waals surface area contributed by atoms with Crippen LogP contribution in [0, 0.1) is 0 Å². The molecule has 50 heavy (non-hydrogen) atoms. The minimum Gasteiger partial charge on any atom is -0.457 e. The van der Waals surface area contributed by atoms with Crippen LogP contribution in [-0.2, 0) is 44.2 Å². The smallest absolute Gasteiger partial charge is 0.415 e. The van der Waals surface area contributed by atoms with Crippen LogP contribution in [0.3, 0.4) is 0 Å². The highest BCUT2D eigenvalue weighted by Crippen LogP contribution is 2.42. The number of likely N-dealkylation sites (tertiary alicyclic amines) is 2. The fraction of sp³-hybridized carbons (Fsp3) is 0.541. The number of pyridine rings is 2. The van der Waals surface area contributed by atoms with Crippen molar-refractivity contribution >= 4 is 28.9 Å². The zero-order chi connectivity index (χ0) is 35.2. The van der Waals surface area contributed by atoms with Crippen molar-refractivity contribution in [3.8, 4) is 17.1 Å². The standard InChI is InChI=1S/C37H46N6O7/c1-5-25-26-18-24(49-36(47)42-16-12-23(13-17-42)41-14-8-7-9-15-41)10-11-30(26)39-33-27(25)21-43-31(33)19-29-28(34(43)45)22-48-35(46)37(29,6-2)50-32(44)20-38-40(3)4/h10-11,18-19,23,38H,5-9,12-17,20-22H2,1-4H3/t37-/m0/s1. The topological polar surface area (TPSA) is 136 Å². The molecule has 0 bridgehead atoms. The normalized spacial score (nSPS) is 20.7. The Kier molecular flexibility index (Phi) is 9.40. The number of amides is 1. The Balaban J connectivity index is 1.17. The predicted molar refractivity (Wildman–Crippen MR) is 186 cm³/mol. The quantitative estimate of drug-likeness (QED) is 0.215. The summed E-state index contributed by atoms with van der Waals surface area (Å²) in [7, 11) is 3.48. The number of hydrogen-bond acceptors (Lipinski definition) is 11. The molecule has 0 saturated carbocycles. The number of piperidine rings is 2. The maximum Gasteiger partial charge on any atom is 0.415 e. The van der Waals surface area contributed by atoms with Crippen molar-refractivity contribution in [3.05, 3.63) is 56.9 Å². The maximum absolute atomic E-state index is 14.0. The zero-order valence-electron chi connectivity index (χ0n) is 29.4. The summed E-state index contributed by atoms with van der Waals surface area (Å²) < 4.78 is 18.9. The lowest BCUT2D eigenvalue weighted by Gasteiger charge is -2.39. The van der Waals surface area contributed by atoms with E-state index in [4.69, 9.17) is 19.2 Å². The van der Waals surface area contributed by atoms with Gasteiger partial charge in [0.1, 0.15) is 18.9 Å². The molecule has 0 unspecified atom stereocenters. The molecule has 13 nitrogen and oxygen atoms in total.